The van der Waals surface area contributed by atoms with Crippen LogP contribution in [0.1, 0.15) is 27.9 Å². The second kappa shape index (κ2) is 6.53. The average molecular weight is 306 g/mol. The molecule has 104 valence electrons. The van der Waals surface area contributed by atoms with Crippen LogP contribution in [0.5, 0.6) is 0 Å². The topological polar surface area (TPSA) is 80.9 Å². The molecule has 0 saturated heterocycles. The second-order valence-electron chi connectivity index (χ2n) is 4.15. The molecule has 0 aliphatic carbocycles. The van der Waals surface area contributed by atoms with Gasteiger partial charge in [0.25, 0.3) is 5.91 Å². The van der Waals surface area contributed by atoms with Gasteiger partial charge in [-0.1, -0.05) is 42.6 Å². The number of hydrogen-bond acceptors (Lipinski definition) is 5. The van der Waals surface area contributed by atoms with Gasteiger partial charge in [-0.25, -0.2) is 0 Å². The third-order valence-electron chi connectivity index (χ3n) is 2.56. The van der Waals surface area contributed by atoms with Crippen molar-refractivity contribution in [3.63, 3.8) is 0 Å². The number of carbonyl (C=O) groups excluding carboxylic acids is 1. The van der Waals surface area contributed by atoms with Crippen molar-refractivity contribution in [2.75, 3.05) is 5.32 Å². The first-order valence-electron chi connectivity index (χ1n) is 6.09. The Kier molecular flexibility index (Phi) is 4.75. The third kappa shape index (κ3) is 3.82. The highest BCUT2D eigenvalue weighted by Crippen LogP contribution is 2.17. The Morgan fingerprint density at radius 3 is 2.90 bits per heavy atom. The molecule has 1 aromatic carbocycles. The van der Waals surface area contributed by atoms with Crippen molar-refractivity contribution in [3.8, 4) is 0 Å². The van der Waals surface area contributed by atoms with Gasteiger partial charge in [0.05, 0.1) is 4.99 Å². The fourth-order valence-electron chi connectivity index (χ4n) is 1.64. The third-order valence-corrected chi connectivity index (χ3v) is 3.68. The zero-order valence-electron chi connectivity index (χ0n) is 10.9. The number of rotatable bonds is 5. The van der Waals surface area contributed by atoms with E-state index < -0.39 is 0 Å². The molecule has 20 heavy (non-hydrogen) atoms. The molecule has 2 aromatic rings. The van der Waals surface area contributed by atoms with Gasteiger partial charge in [-0.05, 0) is 24.1 Å². The Morgan fingerprint density at radius 2 is 2.25 bits per heavy atom. The van der Waals surface area contributed by atoms with Gasteiger partial charge >= 0.3 is 0 Å². The number of benzene rings is 1. The lowest BCUT2D eigenvalue weighted by Gasteiger charge is -2.04. The summed E-state index contributed by atoms with van der Waals surface area (Å²) in [7, 11) is 0. The second-order valence-corrected chi connectivity index (χ2v) is 5.74. The van der Waals surface area contributed by atoms with Gasteiger partial charge in [0, 0.05) is 12.0 Å². The quantitative estimate of drug-likeness (QED) is 0.828. The number of nitrogens with zero attached hydrogens (tertiary/aromatic N) is 2. The lowest BCUT2D eigenvalue weighted by molar-refractivity contribution is 0.102. The Morgan fingerprint density at radius 1 is 1.45 bits per heavy atom. The summed E-state index contributed by atoms with van der Waals surface area (Å²) in [5.41, 5.74) is 6.97. The van der Waals surface area contributed by atoms with Crippen LogP contribution in [0.25, 0.3) is 0 Å². The first-order chi connectivity index (χ1) is 9.58. The first kappa shape index (κ1) is 14.5. The van der Waals surface area contributed by atoms with Crippen LogP contribution in [0.4, 0.5) is 5.13 Å². The smallest absolute Gasteiger partial charge is 0.257 e. The van der Waals surface area contributed by atoms with Crippen molar-refractivity contribution in [1.29, 1.82) is 0 Å². The Hall–Kier alpha value is -1.86. The van der Waals surface area contributed by atoms with Gasteiger partial charge in [-0.2, -0.15) is 0 Å². The SMILES string of the molecule is CCc1nnc(NC(=O)c2cccc(CC(N)=S)c2)s1. The van der Waals surface area contributed by atoms with E-state index >= 15 is 0 Å². The summed E-state index contributed by atoms with van der Waals surface area (Å²) < 4.78 is 0. The van der Waals surface area contributed by atoms with Gasteiger partial charge in [0.15, 0.2) is 0 Å². The minimum atomic E-state index is -0.214. The van der Waals surface area contributed by atoms with E-state index in [1.54, 1.807) is 18.2 Å². The highest BCUT2D eigenvalue weighted by molar-refractivity contribution is 7.80. The van der Waals surface area contributed by atoms with Crippen LogP contribution in [0.2, 0.25) is 0 Å². The number of carbonyl (C=O) groups is 1. The molecule has 0 radical (unpaired) electrons. The maximum absolute atomic E-state index is 12.1. The molecule has 1 heterocycles. The number of nitrogens with one attached hydrogen (secondary N) is 1. The molecular weight excluding hydrogens is 292 g/mol. The maximum Gasteiger partial charge on any atom is 0.257 e. The van der Waals surface area contributed by atoms with Crippen LogP contribution >= 0.6 is 23.6 Å². The van der Waals surface area contributed by atoms with E-state index in [-0.39, 0.29) is 5.91 Å². The molecule has 2 rings (SSSR count). The molecule has 7 heteroatoms. The largest absolute Gasteiger partial charge is 0.393 e. The van der Waals surface area contributed by atoms with Crippen molar-refractivity contribution in [1.82, 2.24) is 10.2 Å². The van der Waals surface area contributed by atoms with Crippen molar-refractivity contribution < 1.29 is 4.79 Å². The van der Waals surface area contributed by atoms with Gasteiger partial charge in [0.2, 0.25) is 5.13 Å². The highest BCUT2D eigenvalue weighted by Gasteiger charge is 2.10. The molecule has 0 unspecified atom stereocenters. The predicted molar refractivity (Wildman–Crippen MR) is 84.2 cm³/mol. The van der Waals surface area contributed by atoms with Crippen LogP contribution in [0.15, 0.2) is 24.3 Å². The fourth-order valence-corrected chi connectivity index (χ4v) is 2.48. The van der Waals surface area contributed by atoms with E-state index in [4.69, 9.17) is 18.0 Å². The number of thiocarbonyl (C=S) groups is 1. The van der Waals surface area contributed by atoms with Gasteiger partial charge < -0.3 is 5.73 Å². The van der Waals surface area contributed by atoms with E-state index in [0.29, 0.717) is 22.1 Å². The zero-order valence-corrected chi connectivity index (χ0v) is 12.6. The van der Waals surface area contributed by atoms with E-state index in [1.807, 2.05) is 13.0 Å². The van der Waals surface area contributed by atoms with E-state index in [2.05, 4.69) is 15.5 Å². The van der Waals surface area contributed by atoms with Crippen molar-refractivity contribution in [2.45, 2.75) is 19.8 Å². The van der Waals surface area contributed by atoms with E-state index in [9.17, 15) is 4.79 Å². The number of amides is 1. The molecule has 0 spiro atoms. The Bertz CT molecular complexity index is 639. The lowest BCUT2D eigenvalue weighted by atomic mass is 10.1. The summed E-state index contributed by atoms with van der Waals surface area (Å²) in [6.07, 6.45) is 1.28. The van der Waals surface area contributed by atoms with E-state index in [1.165, 1.54) is 11.3 Å². The van der Waals surface area contributed by atoms with Crippen LogP contribution < -0.4 is 11.1 Å². The molecule has 1 amide bonds. The Labute approximate surface area is 126 Å². The molecule has 0 atom stereocenters. The van der Waals surface area contributed by atoms with Gasteiger partial charge in [0.1, 0.15) is 5.01 Å². The molecule has 5 nitrogen and oxygen atoms in total. The Balaban J connectivity index is 2.10. The number of hydrogen-bond donors (Lipinski definition) is 2. The molecule has 1 aromatic heterocycles. The molecule has 0 saturated carbocycles. The summed E-state index contributed by atoms with van der Waals surface area (Å²) >= 11 is 6.24. The normalized spacial score (nSPS) is 10.2. The lowest BCUT2D eigenvalue weighted by Crippen LogP contribution is -2.14. The molecule has 3 N–H and O–H groups in total. The fraction of sp³-hybridized carbons (Fsp3) is 0.231. The zero-order chi connectivity index (χ0) is 14.5. The van der Waals surface area contributed by atoms with E-state index in [0.717, 1.165) is 17.0 Å². The molecule has 0 bridgehead atoms. The van der Waals surface area contributed by atoms with Gasteiger partial charge in [-0.3, -0.25) is 10.1 Å². The molecular formula is C13H14N4OS2. The maximum atomic E-state index is 12.1. The molecule has 0 fully saturated rings. The summed E-state index contributed by atoms with van der Waals surface area (Å²) in [6, 6.07) is 7.20. The summed E-state index contributed by atoms with van der Waals surface area (Å²) in [5, 5.41) is 12.0. The van der Waals surface area contributed by atoms with Gasteiger partial charge in [-0.15, -0.1) is 10.2 Å². The van der Waals surface area contributed by atoms with Crippen LogP contribution in [0.3, 0.4) is 0 Å². The molecule has 0 aliphatic heterocycles. The number of aromatic nitrogens is 2. The van der Waals surface area contributed by atoms with Crippen LogP contribution in [0, 0.1) is 0 Å². The van der Waals surface area contributed by atoms with Crippen LogP contribution in [-0.2, 0) is 12.8 Å². The average Bonchev–Trinajstić information content (AvgIpc) is 2.86. The number of aryl methyl sites for hydroxylation is 1. The minimum Gasteiger partial charge on any atom is -0.393 e. The number of anilines is 1. The summed E-state index contributed by atoms with van der Waals surface area (Å²) in [4.78, 5) is 12.5. The summed E-state index contributed by atoms with van der Waals surface area (Å²) in [5.74, 6) is -0.214. The summed E-state index contributed by atoms with van der Waals surface area (Å²) in [6.45, 7) is 1.99. The first-order valence-corrected chi connectivity index (χ1v) is 7.32. The standard InChI is InChI=1S/C13H14N4OS2/c1-2-11-16-17-13(20-11)15-12(18)9-5-3-4-8(6-9)7-10(14)19/h3-6H,2,7H2,1H3,(H2,14,19)(H,15,17,18). The van der Waals surface area contributed by atoms with Crippen LogP contribution in [-0.4, -0.2) is 21.1 Å². The van der Waals surface area contributed by atoms with Crippen molar-refractivity contribution in [2.24, 2.45) is 5.73 Å². The van der Waals surface area contributed by atoms with Crippen molar-refractivity contribution >= 4 is 39.6 Å². The highest BCUT2D eigenvalue weighted by atomic mass is 32.1. The predicted octanol–water partition coefficient (Wildman–Crippen LogP) is 2.18. The van der Waals surface area contributed by atoms with Crippen molar-refractivity contribution in [3.05, 3.63) is 40.4 Å². The number of nitrogens with two attached hydrogens (primary N) is 1. The minimum absolute atomic E-state index is 0.214. The monoisotopic (exact) mass is 306 g/mol. The molecule has 0 aliphatic rings.